The van der Waals surface area contributed by atoms with Crippen LogP contribution in [0.3, 0.4) is 0 Å². The molecule has 0 aromatic rings. The SMILES string of the molecule is CCCCCCCCCCCCCCCC(=O)N[C@@H](CCC=O)C(=O)O. The average Bonchev–Trinajstić information content (AvgIpc) is 2.62. The van der Waals surface area contributed by atoms with E-state index in [2.05, 4.69) is 12.2 Å². The second-order valence-corrected chi connectivity index (χ2v) is 7.19. The first kappa shape index (κ1) is 24.6. The molecule has 0 aliphatic carbocycles. The molecule has 0 spiro atoms. The van der Waals surface area contributed by atoms with Crippen LogP contribution in [0.5, 0.6) is 0 Å². The van der Waals surface area contributed by atoms with Gasteiger partial charge in [0.25, 0.3) is 0 Å². The summed E-state index contributed by atoms with van der Waals surface area (Å²) in [4.78, 5) is 33.1. The number of hydrogen-bond acceptors (Lipinski definition) is 3. The van der Waals surface area contributed by atoms with Crippen molar-refractivity contribution in [3.63, 3.8) is 0 Å². The molecule has 0 fully saturated rings. The molecule has 0 heterocycles. The normalized spacial score (nSPS) is 11.9. The highest BCUT2D eigenvalue weighted by Gasteiger charge is 2.18. The van der Waals surface area contributed by atoms with Gasteiger partial charge in [-0.15, -0.1) is 0 Å². The molecule has 2 N–H and O–H groups in total. The van der Waals surface area contributed by atoms with E-state index in [0.29, 0.717) is 12.7 Å². The molecule has 0 aliphatic rings. The summed E-state index contributed by atoms with van der Waals surface area (Å²) in [5.41, 5.74) is 0. The van der Waals surface area contributed by atoms with Crippen molar-refractivity contribution in [2.45, 2.75) is 116 Å². The summed E-state index contributed by atoms with van der Waals surface area (Å²) < 4.78 is 0. The van der Waals surface area contributed by atoms with Crippen molar-refractivity contribution < 1.29 is 19.5 Å². The van der Waals surface area contributed by atoms with Crippen LogP contribution in [0.2, 0.25) is 0 Å². The van der Waals surface area contributed by atoms with Gasteiger partial charge in [0.1, 0.15) is 12.3 Å². The minimum Gasteiger partial charge on any atom is -0.480 e. The second-order valence-electron chi connectivity index (χ2n) is 7.19. The highest BCUT2D eigenvalue weighted by atomic mass is 16.4. The number of carbonyl (C=O) groups is 3. The first-order valence-electron chi connectivity index (χ1n) is 10.6. The predicted octanol–water partition coefficient (Wildman–Crippen LogP) is 5.02. The maximum Gasteiger partial charge on any atom is 0.326 e. The van der Waals surface area contributed by atoms with Gasteiger partial charge in [0.05, 0.1) is 0 Å². The van der Waals surface area contributed by atoms with Crippen LogP contribution in [0.1, 0.15) is 110 Å². The molecule has 0 saturated carbocycles. The van der Waals surface area contributed by atoms with Gasteiger partial charge < -0.3 is 15.2 Å². The number of carboxylic acid groups (broad SMARTS) is 1. The maximum atomic E-state index is 11.8. The number of amides is 1. The molecule has 0 bridgehead atoms. The summed E-state index contributed by atoms with van der Waals surface area (Å²) >= 11 is 0. The molecule has 1 atom stereocenters. The molecule has 5 nitrogen and oxygen atoms in total. The summed E-state index contributed by atoms with van der Waals surface area (Å²) in [6.45, 7) is 2.25. The van der Waals surface area contributed by atoms with Crippen LogP contribution in [0.25, 0.3) is 0 Å². The molecule has 0 aromatic carbocycles. The van der Waals surface area contributed by atoms with E-state index in [0.717, 1.165) is 19.3 Å². The van der Waals surface area contributed by atoms with E-state index < -0.39 is 12.0 Å². The van der Waals surface area contributed by atoms with Gasteiger partial charge in [0, 0.05) is 12.8 Å². The standard InChI is InChI=1S/C21H39NO4/c1-2-3-4-5-6-7-8-9-10-11-12-13-14-17-20(24)22-19(21(25)26)16-15-18-23/h18-19H,2-17H2,1H3,(H,22,24)(H,25,26)/t19-/m0/s1. The quantitative estimate of drug-likeness (QED) is 0.247. The van der Waals surface area contributed by atoms with Crippen molar-refractivity contribution in [2.24, 2.45) is 0 Å². The number of carbonyl (C=O) groups excluding carboxylic acids is 2. The lowest BCUT2D eigenvalue weighted by Gasteiger charge is -2.13. The highest BCUT2D eigenvalue weighted by Crippen LogP contribution is 2.13. The van der Waals surface area contributed by atoms with E-state index in [-0.39, 0.29) is 18.7 Å². The Morgan fingerprint density at radius 3 is 1.73 bits per heavy atom. The summed E-state index contributed by atoms with van der Waals surface area (Å²) in [7, 11) is 0. The molecule has 152 valence electrons. The lowest BCUT2D eigenvalue weighted by atomic mass is 10.0. The summed E-state index contributed by atoms with van der Waals surface area (Å²) in [5.74, 6) is -1.31. The Labute approximate surface area is 159 Å². The van der Waals surface area contributed by atoms with Crippen LogP contribution in [0, 0.1) is 0 Å². The molecule has 0 rings (SSSR count). The number of nitrogens with one attached hydrogen (secondary N) is 1. The van der Waals surface area contributed by atoms with Gasteiger partial charge in [0.2, 0.25) is 5.91 Å². The van der Waals surface area contributed by atoms with Crippen molar-refractivity contribution >= 4 is 18.2 Å². The number of unbranched alkanes of at least 4 members (excludes halogenated alkanes) is 12. The third kappa shape index (κ3) is 16.1. The summed E-state index contributed by atoms with van der Waals surface area (Å²) in [5, 5.41) is 11.5. The fourth-order valence-electron chi connectivity index (χ4n) is 3.06. The first-order valence-corrected chi connectivity index (χ1v) is 10.6. The summed E-state index contributed by atoms with van der Waals surface area (Å²) in [6.07, 6.45) is 17.6. The number of aldehydes is 1. The fraction of sp³-hybridized carbons (Fsp3) is 0.857. The van der Waals surface area contributed by atoms with E-state index in [1.807, 2.05) is 0 Å². The van der Waals surface area contributed by atoms with Crippen molar-refractivity contribution in [3.8, 4) is 0 Å². The molecular weight excluding hydrogens is 330 g/mol. The van der Waals surface area contributed by atoms with Gasteiger partial charge in [-0.25, -0.2) is 4.79 Å². The number of carboxylic acids is 1. The van der Waals surface area contributed by atoms with Crippen molar-refractivity contribution in [1.82, 2.24) is 5.32 Å². The molecule has 0 saturated heterocycles. The third-order valence-electron chi connectivity index (χ3n) is 4.71. The van der Waals surface area contributed by atoms with E-state index >= 15 is 0 Å². The minimum atomic E-state index is -1.08. The Hall–Kier alpha value is -1.39. The second kappa shape index (κ2) is 18.4. The van der Waals surface area contributed by atoms with Crippen LogP contribution in [0.15, 0.2) is 0 Å². The Balaban J connectivity index is 3.44. The number of rotatable bonds is 19. The molecule has 5 heteroatoms. The van der Waals surface area contributed by atoms with E-state index in [1.165, 1.54) is 64.2 Å². The summed E-state index contributed by atoms with van der Waals surface area (Å²) in [6, 6.07) is -0.949. The fourth-order valence-corrected chi connectivity index (χ4v) is 3.06. The van der Waals surface area contributed by atoms with Crippen LogP contribution < -0.4 is 5.32 Å². The molecule has 0 radical (unpaired) electrons. The van der Waals surface area contributed by atoms with Crippen molar-refractivity contribution in [2.75, 3.05) is 0 Å². The van der Waals surface area contributed by atoms with Gasteiger partial charge in [-0.1, -0.05) is 84.0 Å². The lowest BCUT2D eigenvalue weighted by molar-refractivity contribution is -0.142. The van der Waals surface area contributed by atoms with Gasteiger partial charge in [-0.3, -0.25) is 4.79 Å². The first-order chi connectivity index (χ1) is 12.6. The zero-order valence-corrected chi connectivity index (χ0v) is 16.6. The molecular formula is C21H39NO4. The van der Waals surface area contributed by atoms with Crippen LogP contribution in [-0.2, 0) is 14.4 Å². The average molecular weight is 370 g/mol. The smallest absolute Gasteiger partial charge is 0.326 e. The Bertz CT molecular complexity index is 371. The minimum absolute atomic E-state index is 0.149. The Morgan fingerprint density at radius 1 is 0.846 bits per heavy atom. The Morgan fingerprint density at radius 2 is 1.31 bits per heavy atom. The van der Waals surface area contributed by atoms with E-state index in [1.54, 1.807) is 0 Å². The molecule has 0 aliphatic heterocycles. The molecule has 0 aromatic heterocycles. The maximum absolute atomic E-state index is 11.8. The van der Waals surface area contributed by atoms with Gasteiger partial charge in [-0.05, 0) is 12.8 Å². The van der Waals surface area contributed by atoms with Gasteiger partial charge in [0.15, 0.2) is 0 Å². The zero-order valence-electron chi connectivity index (χ0n) is 16.6. The lowest BCUT2D eigenvalue weighted by Crippen LogP contribution is -2.40. The molecule has 0 unspecified atom stereocenters. The zero-order chi connectivity index (χ0) is 19.5. The molecule has 26 heavy (non-hydrogen) atoms. The highest BCUT2D eigenvalue weighted by molar-refractivity contribution is 5.83. The van der Waals surface area contributed by atoms with Gasteiger partial charge in [-0.2, -0.15) is 0 Å². The Kier molecular flexibility index (Phi) is 17.4. The van der Waals surface area contributed by atoms with E-state index in [9.17, 15) is 14.4 Å². The van der Waals surface area contributed by atoms with Crippen molar-refractivity contribution in [3.05, 3.63) is 0 Å². The largest absolute Gasteiger partial charge is 0.480 e. The van der Waals surface area contributed by atoms with Crippen molar-refractivity contribution in [1.29, 1.82) is 0 Å². The van der Waals surface area contributed by atoms with Gasteiger partial charge >= 0.3 is 5.97 Å². The predicted molar refractivity (Wildman–Crippen MR) is 105 cm³/mol. The van der Waals surface area contributed by atoms with Crippen LogP contribution >= 0.6 is 0 Å². The number of aliphatic carboxylic acids is 1. The third-order valence-corrected chi connectivity index (χ3v) is 4.71. The van der Waals surface area contributed by atoms with Crippen LogP contribution in [0.4, 0.5) is 0 Å². The monoisotopic (exact) mass is 369 g/mol. The number of hydrogen-bond donors (Lipinski definition) is 2. The van der Waals surface area contributed by atoms with E-state index in [4.69, 9.17) is 5.11 Å². The topological polar surface area (TPSA) is 83.5 Å². The molecule has 1 amide bonds. The van der Waals surface area contributed by atoms with Crippen LogP contribution in [-0.4, -0.2) is 29.3 Å².